The lowest BCUT2D eigenvalue weighted by atomic mass is 9.84. The van der Waals surface area contributed by atoms with Crippen LogP contribution in [0.2, 0.25) is 0 Å². The Hall–Kier alpha value is -4.17. The van der Waals surface area contributed by atoms with Crippen LogP contribution in [0.4, 0.5) is 0 Å². The van der Waals surface area contributed by atoms with Crippen LogP contribution in [0.3, 0.4) is 0 Å². The number of cyclic esters (lactones) is 1. The highest BCUT2D eigenvalue weighted by Gasteiger charge is 2.48. The standard InChI is InChI=1S/C38H48N2O6/c1-24-22-26(20-21-30(24)28-17-13-18-29(23-28)44-8)14-12-19-31(32-36(43)46-38(6,7)45-32)34(41)40-33(37(3,4)5)35(42)39-25(2)27-15-10-9-11-16-27/h9-11,13,15-18,20-23,25,31-33H,12,14,19H2,1-8H3,(H,39,42)(H,40,41). The van der Waals surface area contributed by atoms with Crippen molar-refractivity contribution in [3.05, 3.63) is 89.5 Å². The first-order chi connectivity index (χ1) is 21.7. The van der Waals surface area contributed by atoms with Gasteiger partial charge in [-0.25, -0.2) is 4.79 Å². The number of amides is 2. The SMILES string of the molecule is COc1cccc(-c2ccc(CCCC(C(=O)NC(C(=O)NC(C)c3ccccc3)C(C)(C)C)C3OC(C)(C)OC3=O)cc2C)c1. The fourth-order valence-electron chi connectivity index (χ4n) is 5.91. The van der Waals surface area contributed by atoms with E-state index in [-0.39, 0.29) is 11.9 Å². The highest BCUT2D eigenvalue weighted by molar-refractivity contribution is 5.92. The van der Waals surface area contributed by atoms with E-state index in [0.717, 1.165) is 33.6 Å². The Labute approximate surface area is 273 Å². The summed E-state index contributed by atoms with van der Waals surface area (Å²) in [4.78, 5) is 40.5. The van der Waals surface area contributed by atoms with Gasteiger partial charge in [0.15, 0.2) is 6.10 Å². The van der Waals surface area contributed by atoms with Gasteiger partial charge in [-0.1, -0.05) is 81.4 Å². The zero-order valence-electron chi connectivity index (χ0n) is 28.3. The summed E-state index contributed by atoms with van der Waals surface area (Å²) in [5, 5.41) is 6.03. The summed E-state index contributed by atoms with van der Waals surface area (Å²) in [7, 11) is 1.66. The van der Waals surface area contributed by atoms with Crippen molar-refractivity contribution in [2.24, 2.45) is 11.3 Å². The molecule has 8 nitrogen and oxygen atoms in total. The van der Waals surface area contributed by atoms with Gasteiger partial charge in [0.2, 0.25) is 17.6 Å². The molecule has 1 heterocycles. The molecule has 1 aliphatic rings. The van der Waals surface area contributed by atoms with Crippen LogP contribution in [-0.2, 0) is 30.3 Å². The number of carbonyl (C=O) groups excluding carboxylic acids is 3. The smallest absolute Gasteiger partial charge is 0.338 e. The van der Waals surface area contributed by atoms with E-state index in [1.807, 2.05) is 76.2 Å². The normalized spacial score (nSPS) is 17.8. The number of hydrogen-bond donors (Lipinski definition) is 2. The molecular weight excluding hydrogens is 580 g/mol. The van der Waals surface area contributed by atoms with Crippen molar-refractivity contribution >= 4 is 17.8 Å². The van der Waals surface area contributed by atoms with E-state index in [2.05, 4.69) is 41.8 Å². The van der Waals surface area contributed by atoms with Crippen molar-refractivity contribution in [3.8, 4) is 16.9 Å². The van der Waals surface area contributed by atoms with Gasteiger partial charge in [0.1, 0.15) is 11.8 Å². The minimum atomic E-state index is -1.14. The maximum absolute atomic E-state index is 14.0. The van der Waals surface area contributed by atoms with Gasteiger partial charge in [-0.15, -0.1) is 0 Å². The molecule has 246 valence electrons. The number of aryl methyl sites for hydroxylation is 2. The molecule has 0 radical (unpaired) electrons. The molecule has 0 bridgehead atoms. The van der Waals surface area contributed by atoms with Gasteiger partial charge < -0.3 is 24.8 Å². The first kappa shape index (κ1) is 34.7. The van der Waals surface area contributed by atoms with Crippen molar-refractivity contribution in [2.75, 3.05) is 7.11 Å². The van der Waals surface area contributed by atoms with Crippen molar-refractivity contribution in [3.63, 3.8) is 0 Å². The monoisotopic (exact) mass is 628 g/mol. The number of carbonyl (C=O) groups is 3. The Morgan fingerprint density at radius 3 is 2.28 bits per heavy atom. The van der Waals surface area contributed by atoms with Gasteiger partial charge in [0.25, 0.3) is 0 Å². The Balaban J connectivity index is 1.49. The lowest BCUT2D eigenvalue weighted by molar-refractivity contribution is -0.162. The maximum atomic E-state index is 14.0. The molecule has 1 aliphatic heterocycles. The lowest BCUT2D eigenvalue weighted by Crippen LogP contribution is -2.56. The van der Waals surface area contributed by atoms with Gasteiger partial charge in [-0.2, -0.15) is 0 Å². The Kier molecular flexibility index (Phi) is 10.9. The van der Waals surface area contributed by atoms with Gasteiger partial charge in [0, 0.05) is 13.8 Å². The van der Waals surface area contributed by atoms with Gasteiger partial charge in [-0.3, -0.25) is 9.59 Å². The fraction of sp³-hybridized carbons (Fsp3) is 0.447. The van der Waals surface area contributed by atoms with Crippen LogP contribution in [0.1, 0.15) is 77.1 Å². The predicted molar refractivity (Wildman–Crippen MR) is 179 cm³/mol. The predicted octanol–water partition coefficient (Wildman–Crippen LogP) is 6.70. The van der Waals surface area contributed by atoms with Gasteiger partial charge >= 0.3 is 5.97 Å². The molecule has 3 aromatic carbocycles. The van der Waals surface area contributed by atoms with Crippen molar-refractivity contribution in [2.45, 2.75) is 91.7 Å². The first-order valence-corrected chi connectivity index (χ1v) is 16.0. The molecule has 8 heteroatoms. The quantitative estimate of drug-likeness (QED) is 0.217. The molecule has 2 amide bonds. The molecule has 4 unspecified atom stereocenters. The summed E-state index contributed by atoms with van der Waals surface area (Å²) in [6.45, 7) is 13.0. The van der Waals surface area contributed by atoms with Gasteiger partial charge in [0.05, 0.1) is 19.1 Å². The minimum absolute atomic E-state index is 0.251. The summed E-state index contributed by atoms with van der Waals surface area (Å²) in [6.07, 6.45) is 0.628. The molecule has 2 N–H and O–H groups in total. The van der Waals surface area contributed by atoms with E-state index >= 15 is 0 Å². The summed E-state index contributed by atoms with van der Waals surface area (Å²) in [5.74, 6) is -2.45. The molecule has 46 heavy (non-hydrogen) atoms. The highest BCUT2D eigenvalue weighted by atomic mass is 16.8. The van der Waals surface area contributed by atoms with Crippen LogP contribution in [0.5, 0.6) is 5.75 Å². The summed E-state index contributed by atoms with van der Waals surface area (Å²) < 4.78 is 16.8. The third-order valence-electron chi connectivity index (χ3n) is 8.42. The molecule has 0 aromatic heterocycles. The second-order valence-electron chi connectivity index (χ2n) is 13.7. The Morgan fingerprint density at radius 2 is 1.67 bits per heavy atom. The zero-order valence-corrected chi connectivity index (χ0v) is 28.3. The number of benzene rings is 3. The van der Waals surface area contributed by atoms with Crippen molar-refractivity contribution in [1.29, 1.82) is 0 Å². The zero-order chi connectivity index (χ0) is 33.6. The number of ether oxygens (including phenoxy) is 3. The van der Waals surface area contributed by atoms with Gasteiger partial charge in [-0.05, 0) is 78.5 Å². The topological polar surface area (TPSA) is 103 Å². The largest absolute Gasteiger partial charge is 0.497 e. The summed E-state index contributed by atoms with van der Waals surface area (Å²) in [6, 6.07) is 22.9. The van der Waals surface area contributed by atoms with Crippen LogP contribution >= 0.6 is 0 Å². The molecule has 4 atom stereocenters. The van der Waals surface area contributed by atoms with Crippen LogP contribution in [0.15, 0.2) is 72.8 Å². The molecule has 0 aliphatic carbocycles. The number of hydrogen-bond acceptors (Lipinski definition) is 6. The average Bonchev–Trinajstić information content (AvgIpc) is 3.28. The van der Waals surface area contributed by atoms with Crippen molar-refractivity contribution in [1.82, 2.24) is 10.6 Å². The summed E-state index contributed by atoms with van der Waals surface area (Å²) >= 11 is 0. The third-order valence-corrected chi connectivity index (χ3v) is 8.42. The van der Waals surface area contributed by atoms with E-state index in [0.29, 0.717) is 19.3 Å². The first-order valence-electron chi connectivity index (χ1n) is 16.0. The Bertz CT molecular complexity index is 1530. The highest BCUT2D eigenvalue weighted by Crippen LogP contribution is 2.32. The van der Waals surface area contributed by atoms with Crippen LogP contribution in [-0.4, -0.2) is 42.8 Å². The fourth-order valence-corrected chi connectivity index (χ4v) is 5.91. The summed E-state index contributed by atoms with van der Waals surface area (Å²) in [5.41, 5.74) is 4.82. The van der Waals surface area contributed by atoms with Crippen LogP contribution in [0, 0.1) is 18.3 Å². The average molecular weight is 629 g/mol. The van der Waals surface area contributed by atoms with E-state index < -0.39 is 41.1 Å². The number of nitrogens with one attached hydrogen (secondary N) is 2. The molecule has 0 saturated carbocycles. The number of rotatable bonds is 12. The molecule has 3 aromatic rings. The second kappa shape index (κ2) is 14.5. The second-order valence-corrected chi connectivity index (χ2v) is 13.7. The number of methoxy groups -OCH3 is 1. The van der Waals surface area contributed by atoms with E-state index in [4.69, 9.17) is 14.2 Å². The van der Waals surface area contributed by atoms with E-state index in [1.165, 1.54) is 0 Å². The molecule has 0 spiro atoms. The van der Waals surface area contributed by atoms with E-state index in [1.54, 1.807) is 21.0 Å². The Morgan fingerprint density at radius 1 is 0.957 bits per heavy atom. The lowest BCUT2D eigenvalue weighted by Gasteiger charge is -2.33. The molecular formula is C38H48N2O6. The minimum Gasteiger partial charge on any atom is -0.497 e. The molecule has 4 rings (SSSR count). The van der Waals surface area contributed by atoms with Crippen LogP contribution in [0.25, 0.3) is 11.1 Å². The molecule has 1 saturated heterocycles. The third kappa shape index (κ3) is 8.75. The van der Waals surface area contributed by atoms with Crippen LogP contribution < -0.4 is 15.4 Å². The van der Waals surface area contributed by atoms with E-state index in [9.17, 15) is 14.4 Å². The maximum Gasteiger partial charge on any atom is 0.338 e. The van der Waals surface area contributed by atoms with Crippen molar-refractivity contribution < 1.29 is 28.6 Å². The number of esters is 1. The molecule has 1 fully saturated rings.